The number of morpholine rings is 1. The summed E-state index contributed by atoms with van der Waals surface area (Å²) < 4.78 is 5.49. The van der Waals surface area contributed by atoms with Crippen LogP contribution in [0, 0.1) is 12.8 Å². The zero-order valence-electron chi connectivity index (χ0n) is 15.7. The number of aliphatic imine (C=N–C) groups is 1. The average molecular weight is 460 g/mol. The Kier molecular flexibility index (Phi) is 10.4. The summed E-state index contributed by atoms with van der Waals surface area (Å²) in [5, 5.41) is 3.22. The van der Waals surface area contributed by atoms with Crippen LogP contribution in [0.25, 0.3) is 0 Å². The van der Waals surface area contributed by atoms with E-state index in [1.165, 1.54) is 11.1 Å². The van der Waals surface area contributed by atoms with Crippen LogP contribution >= 0.6 is 24.0 Å². The van der Waals surface area contributed by atoms with Gasteiger partial charge in [-0.2, -0.15) is 0 Å². The highest BCUT2D eigenvalue weighted by Crippen LogP contribution is 2.22. The quantitative estimate of drug-likeness (QED) is 0.373. The molecule has 0 amide bonds. The van der Waals surface area contributed by atoms with Crippen LogP contribution in [0.15, 0.2) is 29.3 Å². The molecule has 1 saturated heterocycles. The Bertz CT molecular complexity index is 513. The first-order valence-electron chi connectivity index (χ1n) is 8.98. The van der Waals surface area contributed by atoms with Crippen molar-refractivity contribution in [3.05, 3.63) is 35.4 Å². The second kappa shape index (κ2) is 11.7. The number of aryl methyl sites for hydroxylation is 1. The highest BCUT2D eigenvalue weighted by atomic mass is 127. The number of hydrogen-bond donors (Lipinski definition) is 2. The van der Waals surface area contributed by atoms with E-state index in [0.29, 0.717) is 18.4 Å². The molecule has 6 heteroatoms. The smallest absolute Gasteiger partial charge is 0.188 e. The minimum Gasteiger partial charge on any atom is -0.379 e. The molecule has 3 N–H and O–H groups in total. The lowest BCUT2D eigenvalue weighted by Gasteiger charge is -2.34. The highest BCUT2D eigenvalue weighted by molar-refractivity contribution is 14.0. The summed E-state index contributed by atoms with van der Waals surface area (Å²) >= 11 is 0. The summed E-state index contributed by atoms with van der Waals surface area (Å²) in [6.07, 6.45) is 1.10. The molecule has 1 heterocycles. The van der Waals surface area contributed by atoms with Crippen molar-refractivity contribution in [2.45, 2.75) is 33.2 Å². The van der Waals surface area contributed by atoms with Crippen LogP contribution in [0.2, 0.25) is 0 Å². The van der Waals surface area contributed by atoms with E-state index in [-0.39, 0.29) is 30.0 Å². The Morgan fingerprint density at radius 1 is 1.24 bits per heavy atom. The Hall–Kier alpha value is -0.860. The molecule has 0 radical (unpaired) electrons. The molecular weight excluding hydrogens is 427 g/mol. The number of ether oxygens (including phenoxy) is 1. The van der Waals surface area contributed by atoms with Crippen LogP contribution in [0.3, 0.4) is 0 Å². The molecular formula is C19H33IN4O. The SMILES string of the molecule is Cc1ccc(C(CN=C(N)NCCC(C)C)N2CCOCC2)cc1.I. The van der Waals surface area contributed by atoms with E-state index < -0.39 is 0 Å². The number of halogens is 1. The van der Waals surface area contributed by atoms with Gasteiger partial charge in [-0.15, -0.1) is 24.0 Å². The fourth-order valence-corrected chi connectivity index (χ4v) is 2.84. The molecule has 1 aromatic carbocycles. The standard InChI is InChI=1S/C19H32N4O.HI/c1-15(2)8-9-21-19(20)22-14-18(23-10-12-24-13-11-23)17-6-4-16(3)5-7-17;/h4-7,15,18H,8-14H2,1-3H3,(H3,20,21,22);1H. The average Bonchev–Trinajstić information content (AvgIpc) is 2.57. The zero-order chi connectivity index (χ0) is 17.4. The Balaban J connectivity index is 0.00000312. The van der Waals surface area contributed by atoms with Crippen molar-refractivity contribution in [3.8, 4) is 0 Å². The summed E-state index contributed by atoms with van der Waals surface area (Å²) in [5.74, 6) is 1.21. The van der Waals surface area contributed by atoms with Crippen LogP contribution in [0.5, 0.6) is 0 Å². The van der Waals surface area contributed by atoms with Gasteiger partial charge in [0.15, 0.2) is 5.96 Å². The molecule has 25 heavy (non-hydrogen) atoms. The summed E-state index contributed by atoms with van der Waals surface area (Å²) in [7, 11) is 0. The molecule has 0 bridgehead atoms. The van der Waals surface area contributed by atoms with E-state index in [4.69, 9.17) is 10.5 Å². The van der Waals surface area contributed by atoms with Crippen molar-refractivity contribution >= 4 is 29.9 Å². The molecule has 2 rings (SSSR count). The van der Waals surface area contributed by atoms with Gasteiger partial charge in [0.2, 0.25) is 0 Å². The van der Waals surface area contributed by atoms with Gasteiger partial charge in [-0.05, 0) is 24.8 Å². The fourth-order valence-electron chi connectivity index (χ4n) is 2.84. The van der Waals surface area contributed by atoms with Crippen molar-refractivity contribution in [2.75, 3.05) is 39.4 Å². The van der Waals surface area contributed by atoms with E-state index in [9.17, 15) is 0 Å². The highest BCUT2D eigenvalue weighted by Gasteiger charge is 2.22. The maximum atomic E-state index is 6.04. The van der Waals surface area contributed by atoms with Gasteiger partial charge in [0.1, 0.15) is 0 Å². The lowest BCUT2D eigenvalue weighted by atomic mass is 10.0. The summed E-state index contributed by atoms with van der Waals surface area (Å²) in [4.78, 5) is 7.04. The van der Waals surface area contributed by atoms with Crippen molar-refractivity contribution < 1.29 is 4.74 Å². The van der Waals surface area contributed by atoms with Crippen LogP contribution in [-0.2, 0) is 4.74 Å². The molecule has 142 valence electrons. The molecule has 1 unspecified atom stereocenters. The van der Waals surface area contributed by atoms with Gasteiger partial charge in [-0.1, -0.05) is 43.7 Å². The first kappa shape index (κ1) is 22.2. The number of nitrogens with zero attached hydrogens (tertiary/aromatic N) is 2. The molecule has 1 aliphatic rings. The van der Waals surface area contributed by atoms with Crippen LogP contribution < -0.4 is 11.1 Å². The monoisotopic (exact) mass is 460 g/mol. The van der Waals surface area contributed by atoms with E-state index in [0.717, 1.165) is 39.3 Å². The summed E-state index contributed by atoms with van der Waals surface area (Å²) in [6.45, 7) is 11.5. The van der Waals surface area contributed by atoms with Gasteiger partial charge < -0.3 is 15.8 Å². The Morgan fingerprint density at radius 2 is 1.88 bits per heavy atom. The number of benzene rings is 1. The fraction of sp³-hybridized carbons (Fsp3) is 0.632. The molecule has 1 atom stereocenters. The predicted octanol–water partition coefficient (Wildman–Crippen LogP) is 2.94. The van der Waals surface area contributed by atoms with Gasteiger partial charge >= 0.3 is 0 Å². The van der Waals surface area contributed by atoms with Gasteiger partial charge in [0, 0.05) is 19.6 Å². The molecule has 0 spiro atoms. The number of guanidine groups is 1. The lowest BCUT2D eigenvalue weighted by molar-refractivity contribution is 0.0180. The van der Waals surface area contributed by atoms with E-state index in [1.54, 1.807) is 0 Å². The molecule has 1 aromatic rings. The van der Waals surface area contributed by atoms with Crippen LogP contribution in [-0.4, -0.2) is 50.3 Å². The molecule has 0 saturated carbocycles. The second-order valence-electron chi connectivity index (χ2n) is 6.91. The maximum Gasteiger partial charge on any atom is 0.188 e. The van der Waals surface area contributed by atoms with Gasteiger partial charge in [0.05, 0.1) is 25.8 Å². The van der Waals surface area contributed by atoms with Crippen molar-refractivity contribution in [2.24, 2.45) is 16.6 Å². The number of hydrogen-bond acceptors (Lipinski definition) is 3. The summed E-state index contributed by atoms with van der Waals surface area (Å²) in [6, 6.07) is 8.98. The van der Waals surface area contributed by atoms with E-state index in [2.05, 4.69) is 60.2 Å². The lowest BCUT2D eigenvalue weighted by Crippen LogP contribution is -2.41. The van der Waals surface area contributed by atoms with Crippen LogP contribution in [0.1, 0.15) is 37.4 Å². The van der Waals surface area contributed by atoms with E-state index in [1.807, 2.05) is 0 Å². The third kappa shape index (κ3) is 7.92. The van der Waals surface area contributed by atoms with Gasteiger partial charge in [-0.25, -0.2) is 0 Å². The summed E-state index contributed by atoms with van der Waals surface area (Å²) in [5.41, 5.74) is 8.60. The van der Waals surface area contributed by atoms with E-state index >= 15 is 0 Å². The normalized spacial score (nSPS) is 17.2. The maximum absolute atomic E-state index is 6.04. The zero-order valence-corrected chi connectivity index (χ0v) is 18.0. The molecule has 1 fully saturated rings. The molecule has 0 aromatic heterocycles. The predicted molar refractivity (Wildman–Crippen MR) is 116 cm³/mol. The second-order valence-corrected chi connectivity index (χ2v) is 6.91. The van der Waals surface area contributed by atoms with Gasteiger partial charge in [0.25, 0.3) is 0 Å². The first-order valence-corrected chi connectivity index (χ1v) is 8.98. The minimum absolute atomic E-state index is 0. The van der Waals surface area contributed by atoms with Crippen molar-refractivity contribution in [1.82, 2.24) is 10.2 Å². The van der Waals surface area contributed by atoms with Crippen molar-refractivity contribution in [3.63, 3.8) is 0 Å². The molecule has 1 aliphatic heterocycles. The Morgan fingerprint density at radius 3 is 2.48 bits per heavy atom. The number of nitrogens with one attached hydrogen (secondary N) is 1. The van der Waals surface area contributed by atoms with Gasteiger partial charge in [-0.3, -0.25) is 9.89 Å². The van der Waals surface area contributed by atoms with Crippen LogP contribution in [0.4, 0.5) is 0 Å². The third-order valence-electron chi connectivity index (χ3n) is 4.41. The molecule has 0 aliphatic carbocycles. The number of nitrogens with two attached hydrogens (primary N) is 1. The number of rotatable bonds is 7. The first-order chi connectivity index (χ1) is 11.6. The van der Waals surface area contributed by atoms with Crippen molar-refractivity contribution in [1.29, 1.82) is 0 Å². The molecule has 5 nitrogen and oxygen atoms in total. The largest absolute Gasteiger partial charge is 0.379 e. The minimum atomic E-state index is 0. The third-order valence-corrected chi connectivity index (χ3v) is 4.41. The topological polar surface area (TPSA) is 62.9 Å². The Labute approximate surface area is 169 Å².